The van der Waals surface area contributed by atoms with Crippen molar-refractivity contribution in [2.24, 2.45) is 0 Å². The molecule has 144 valence electrons. The average Bonchev–Trinajstić information content (AvgIpc) is 3.35. The first-order valence-electron chi connectivity index (χ1n) is 8.10. The van der Waals surface area contributed by atoms with Gasteiger partial charge in [0.25, 0.3) is 11.5 Å². The monoisotopic (exact) mass is 385 g/mol. The minimum absolute atomic E-state index is 0.0839. The number of halogens is 4. The van der Waals surface area contributed by atoms with Gasteiger partial charge in [0.15, 0.2) is 11.6 Å². The smallest absolute Gasteiger partial charge is 0.403 e. The summed E-state index contributed by atoms with van der Waals surface area (Å²) in [5, 5.41) is 2.69. The van der Waals surface area contributed by atoms with E-state index in [9.17, 15) is 27.2 Å². The maximum atomic E-state index is 14.0. The van der Waals surface area contributed by atoms with Gasteiger partial charge in [0.2, 0.25) is 0 Å². The van der Waals surface area contributed by atoms with Crippen LogP contribution in [0.15, 0.2) is 29.1 Å². The predicted molar refractivity (Wildman–Crippen MR) is 85.7 cm³/mol. The molecule has 1 fully saturated rings. The summed E-state index contributed by atoms with van der Waals surface area (Å²) in [4.78, 5) is 30.6. The Bertz CT molecular complexity index is 936. The number of carbonyl (C=O) groups is 1. The van der Waals surface area contributed by atoms with Gasteiger partial charge in [-0.1, -0.05) is 13.0 Å². The van der Waals surface area contributed by atoms with Gasteiger partial charge in [-0.15, -0.1) is 13.2 Å². The van der Waals surface area contributed by atoms with Crippen molar-refractivity contribution in [3.63, 3.8) is 0 Å². The number of carbonyl (C=O) groups excluding carboxylic acids is 1. The molecule has 0 bridgehead atoms. The number of aromatic nitrogens is 2. The SMILES string of the molecule is CCc1nc(C(=O)NC2(c3ccc(OC(F)(F)F)c(F)c3)CC2)cc(=O)[nH]1. The fourth-order valence-corrected chi connectivity index (χ4v) is 2.69. The molecule has 0 radical (unpaired) electrons. The number of benzene rings is 1. The second-order valence-electron chi connectivity index (χ2n) is 6.16. The summed E-state index contributed by atoms with van der Waals surface area (Å²) < 4.78 is 54.3. The number of hydrogen-bond acceptors (Lipinski definition) is 4. The number of hydrogen-bond donors (Lipinski definition) is 2. The quantitative estimate of drug-likeness (QED) is 0.776. The number of rotatable bonds is 5. The number of H-pyrrole nitrogens is 1. The molecular formula is C17H15F4N3O3. The molecule has 1 amide bonds. The average molecular weight is 385 g/mol. The van der Waals surface area contributed by atoms with Gasteiger partial charge in [-0.2, -0.15) is 0 Å². The molecule has 0 saturated heterocycles. The van der Waals surface area contributed by atoms with Crippen molar-refractivity contribution in [1.82, 2.24) is 15.3 Å². The number of aryl methyl sites for hydroxylation is 1. The lowest BCUT2D eigenvalue weighted by Crippen LogP contribution is -2.36. The number of alkyl halides is 3. The minimum Gasteiger partial charge on any atom is -0.403 e. The molecule has 1 saturated carbocycles. The largest absolute Gasteiger partial charge is 0.573 e. The van der Waals surface area contributed by atoms with Gasteiger partial charge in [-0.05, 0) is 30.5 Å². The summed E-state index contributed by atoms with van der Waals surface area (Å²) in [6.45, 7) is 1.76. The van der Waals surface area contributed by atoms with Crippen molar-refractivity contribution in [3.05, 3.63) is 57.5 Å². The van der Waals surface area contributed by atoms with Crippen LogP contribution in [0.25, 0.3) is 0 Å². The van der Waals surface area contributed by atoms with Gasteiger partial charge in [-0.25, -0.2) is 9.37 Å². The lowest BCUT2D eigenvalue weighted by Gasteiger charge is -2.19. The van der Waals surface area contributed by atoms with Gasteiger partial charge in [0, 0.05) is 12.5 Å². The Balaban J connectivity index is 1.81. The molecule has 0 atom stereocenters. The highest BCUT2D eigenvalue weighted by Gasteiger charge is 2.46. The molecule has 1 aliphatic rings. The highest BCUT2D eigenvalue weighted by molar-refractivity contribution is 5.93. The minimum atomic E-state index is -5.00. The summed E-state index contributed by atoms with van der Waals surface area (Å²) in [6, 6.07) is 4.08. The van der Waals surface area contributed by atoms with E-state index >= 15 is 0 Å². The Hall–Kier alpha value is -2.91. The summed E-state index contributed by atoms with van der Waals surface area (Å²) in [6.07, 6.45) is -3.63. The first-order valence-corrected chi connectivity index (χ1v) is 8.10. The highest BCUT2D eigenvalue weighted by atomic mass is 19.4. The van der Waals surface area contributed by atoms with Crippen LogP contribution in [-0.2, 0) is 12.0 Å². The number of nitrogens with zero attached hydrogens (tertiary/aromatic N) is 1. The van der Waals surface area contributed by atoms with Crippen molar-refractivity contribution >= 4 is 5.91 Å². The van der Waals surface area contributed by atoms with Gasteiger partial charge >= 0.3 is 6.36 Å². The fraction of sp³-hybridized carbons (Fsp3) is 0.353. The van der Waals surface area contributed by atoms with Crippen LogP contribution in [0.2, 0.25) is 0 Å². The first-order chi connectivity index (χ1) is 12.6. The zero-order chi connectivity index (χ0) is 19.8. The highest BCUT2D eigenvalue weighted by Crippen LogP contribution is 2.46. The van der Waals surface area contributed by atoms with E-state index in [4.69, 9.17) is 0 Å². The number of amides is 1. The lowest BCUT2D eigenvalue weighted by atomic mass is 10.0. The van der Waals surface area contributed by atoms with E-state index in [1.54, 1.807) is 6.92 Å². The Morgan fingerprint density at radius 2 is 2.04 bits per heavy atom. The molecule has 2 aromatic rings. The van der Waals surface area contributed by atoms with Crippen molar-refractivity contribution in [2.75, 3.05) is 0 Å². The van der Waals surface area contributed by atoms with Crippen LogP contribution in [0.3, 0.4) is 0 Å². The molecule has 1 aromatic carbocycles. The molecule has 2 N–H and O–H groups in total. The topological polar surface area (TPSA) is 84.1 Å². The summed E-state index contributed by atoms with van der Waals surface area (Å²) >= 11 is 0. The molecule has 6 nitrogen and oxygen atoms in total. The molecular weight excluding hydrogens is 370 g/mol. The third-order valence-electron chi connectivity index (χ3n) is 4.17. The van der Waals surface area contributed by atoms with E-state index in [0.29, 0.717) is 30.7 Å². The third kappa shape index (κ3) is 4.26. The Morgan fingerprint density at radius 1 is 1.33 bits per heavy atom. The zero-order valence-corrected chi connectivity index (χ0v) is 14.1. The molecule has 1 aromatic heterocycles. The van der Waals surface area contributed by atoms with Crippen LogP contribution in [0.1, 0.15) is 41.6 Å². The van der Waals surface area contributed by atoms with Gasteiger partial charge < -0.3 is 15.0 Å². The van der Waals surface area contributed by atoms with E-state index < -0.39 is 34.9 Å². The van der Waals surface area contributed by atoms with E-state index in [1.807, 2.05) is 0 Å². The first kappa shape index (κ1) is 18.9. The number of aromatic amines is 1. The van der Waals surface area contributed by atoms with Crippen molar-refractivity contribution in [3.8, 4) is 5.75 Å². The fourth-order valence-electron chi connectivity index (χ4n) is 2.69. The van der Waals surface area contributed by atoms with Crippen molar-refractivity contribution < 1.29 is 27.1 Å². The third-order valence-corrected chi connectivity index (χ3v) is 4.17. The standard InChI is InChI=1S/C17H15F4N3O3/c1-2-13-22-11(8-14(25)23-13)15(26)24-16(5-6-16)9-3-4-12(10(18)7-9)27-17(19,20)21/h3-4,7-8H,2,5-6H2,1H3,(H,24,26)(H,22,23,25). The molecule has 0 aliphatic heterocycles. The van der Waals surface area contributed by atoms with Gasteiger partial charge in [-0.3, -0.25) is 9.59 Å². The van der Waals surface area contributed by atoms with E-state index in [0.717, 1.165) is 18.2 Å². The number of nitrogens with one attached hydrogen (secondary N) is 2. The van der Waals surface area contributed by atoms with Crippen LogP contribution in [0.5, 0.6) is 5.75 Å². The molecule has 0 unspecified atom stereocenters. The Morgan fingerprint density at radius 3 is 2.59 bits per heavy atom. The molecule has 1 aliphatic carbocycles. The normalized spacial score (nSPS) is 15.3. The van der Waals surface area contributed by atoms with Crippen LogP contribution in [0, 0.1) is 5.82 Å². The second-order valence-corrected chi connectivity index (χ2v) is 6.16. The van der Waals surface area contributed by atoms with Crippen molar-refractivity contribution in [1.29, 1.82) is 0 Å². The summed E-state index contributed by atoms with van der Waals surface area (Å²) in [5.74, 6) is -2.41. The van der Waals surface area contributed by atoms with E-state index in [2.05, 4.69) is 20.0 Å². The molecule has 1 heterocycles. The maximum absolute atomic E-state index is 14.0. The molecule has 27 heavy (non-hydrogen) atoms. The second kappa shape index (κ2) is 6.67. The Labute approximate surface area is 150 Å². The van der Waals surface area contributed by atoms with Crippen LogP contribution in [-0.4, -0.2) is 22.2 Å². The summed E-state index contributed by atoms with van der Waals surface area (Å²) in [7, 11) is 0. The van der Waals surface area contributed by atoms with Crippen LogP contribution in [0.4, 0.5) is 17.6 Å². The van der Waals surface area contributed by atoms with Crippen LogP contribution < -0.4 is 15.6 Å². The van der Waals surface area contributed by atoms with E-state index in [-0.39, 0.29) is 5.69 Å². The van der Waals surface area contributed by atoms with Gasteiger partial charge in [0.05, 0.1) is 5.54 Å². The van der Waals surface area contributed by atoms with Crippen molar-refractivity contribution in [2.45, 2.75) is 38.1 Å². The van der Waals surface area contributed by atoms with Gasteiger partial charge in [0.1, 0.15) is 11.5 Å². The predicted octanol–water partition coefficient (Wildman–Crippen LogP) is 2.79. The maximum Gasteiger partial charge on any atom is 0.573 e. The lowest BCUT2D eigenvalue weighted by molar-refractivity contribution is -0.275. The molecule has 3 rings (SSSR count). The molecule has 0 spiro atoms. The zero-order valence-electron chi connectivity index (χ0n) is 14.1. The Kier molecular flexibility index (Phi) is 4.66. The summed E-state index contributed by atoms with van der Waals surface area (Å²) in [5.41, 5.74) is -1.16. The van der Waals surface area contributed by atoms with Crippen LogP contribution >= 0.6 is 0 Å². The molecule has 10 heteroatoms. The van der Waals surface area contributed by atoms with E-state index in [1.165, 1.54) is 6.07 Å². The number of ether oxygens (including phenoxy) is 1.